The molecule has 5 rings (SSSR count). The molecule has 10 heteroatoms. The van der Waals surface area contributed by atoms with Crippen LogP contribution < -0.4 is 15.8 Å². The number of nitrogens with zero attached hydrogens (tertiary/aromatic N) is 5. The van der Waals surface area contributed by atoms with Gasteiger partial charge in [0.25, 0.3) is 11.5 Å². The molecule has 4 aromatic rings. The van der Waals surface area contributed by atoms with Crippen molar-refractivity contribution < 1.29 is 4.79 Å². The van der Waals surface area contributed by atoms with Crippen LogP contribution in [0.2, 0.25) is 5.15 Å². The van der Waals surface area contributed by atoms with Crippen LogP contribution in [-0.4, -0.2) is 63.6 Å². The number of pyridine rings is 1. The maximum Gasteiger partial charge on any atom is 0.274 e. The number of hydrogen-bond acceptors (Lipinski definition) is 6. The zero-order valence-corrected chi connectivity index (χ0v) is 19.2. The summed E-state index contributed by atoms with van der Waals surface area (Å²) in [7, 11) is 1.57. The number of benzene rings is 1. The summed E-state index contributed by atoms with van der Waals surface area (Å²) in [6, 6.07) is 11.5. The molecule has 1 saturated heterocycles. The van der Waals surface area contributed by atoms with Crippen LogP contribution in [0, 0.1) is 6.92 Å². The first-order chi connectivity index (χ1) is 15.9. The first-order valence-electron chi connectivity index (χ1n) is 10.8. The summed E-state index contributed by atoms with van der Waals surface area (Å²) in [5.41, 5.74) is 5.17. The Hall–Kier alpha value is -3.43. The average Bonchev–Trinajstić information content (AvgIpc) is 3.21. The van der Waals surface area contributed by atoms with Crippen LogP contribution >= 0.6 is 11.6 Å². The molecule has 0 atom stereocenters. The van der Waals surface area contributed by atoms with Crippen molar-refractivity contribution >= 4 is 39.7 Å². The van der Waals surface area contributed by atoms with Crippen molar-refractivity contribution in [2.75, 3.05) is 38.1 Å². The van der Waals surface area contributed by atoms with Gasteiger partial charge < -0.3 is 15.2 Å². The molecular weight excluding hydrogens is 442 g/mol. The number of fused-ring (bicyclic) bond motifs is 3. The number of rotatable bonds is 4. The Labute approximate surface area is 195 Å². The van der Waals surface area contributed by atoms with E-state index in [9.17, 15) is 9.59 Å². The Balaban J connectivity index is 1.29. The van der Waals surface area contributed by atoms with Crippen molar-refractivity contribution in [2.24, 2.45) is 0 Å². The molecule has 0 unspecified atom stereocenters. The monoisotopic (exact) mass is 465 g/mol. The second-order valence-electron chi connectivity index (χ2n) is 8.24. The van der Waals surface area contributed by atoms with Crippen LogP contribution in [-0.2, 0) is 6.54 Å². The number of anilines is 1. The van der Waals surface area contributed by atoms with Gasteiger partial charge >= 0.3 is 0 Å². The molecule has 0 spiro atoms. The van der Waals surface area contributed by atoms with Crippen molar-refractivity contribution in [1.29, 1.82) is 0 Å². The number of aryl methyl sites for hydroxylation is 1. The molecule has 33 heavy (non-hydrogen) atoms. The van der Waals surface area contributed by atoms with E-state index in [1.54, 1.807) is 23.7 Å². The molecule has 1 aromatic carbocycles. The molecule has 9 nitrogen and oxygen atoms in total. The van der Waals surface area contributed by atoms with E-state index in [4.69, 9.17) is 11.6 Å². The normalized spacial score (nSPS) is 14.8. The first kappa shape index (κ1) is 21.4. The van der Waals surface area contributed by atoms with Crippen molar-refractivity contribution in [1.82, 2.24) is 29.8 Å². The summed E-state index contributed by atoms with van der Waals surface area (Å²) in [5.74, 6) is -0.256. The molecule has 0 bridgehead atoms. The lowest BCUT2D eigenvalue weighted by Crippen LogP contribution is -2.46. The van der Waals surface area contributed by atoms with Crippen LogP contribution in [0.3, 0.4) is 0 Å². The highest BCUT2D eigenvalue weighted by Gasteiger charge is 2.21. The van der Waals surface area contributed by atoms with Crippen molar-refractivity contribution in [2.45, 2.75) is 13.5 Å². The van der Waals surface area contributed by atoms with Gasteiger partial charge in [0.15, 0.2) is 5.15 Å². The third-order valence-electron chi connectivity index (χ3n) is 6.01. The summed E-state index contributed by atoms with van der Waals surface area (Å²) in [5, 5.41) is 7.35. The maximum atomic E-state index is 12.4. The Morgan fingerprint density at radius 3 is 2.64 bits per heavy atom. The number of aromatic amines is 1. The van der Waals surface area contributed by atoms with Gasteiger partial charge in [-0.25, -0.2) is 9.50 Å². The average molecular weight is 466 g/mol. The second kappa shape index (κ2) is 8.49. The quantitative estimate of drug-likeness (QED) is 0.448. The van der Waals surface area contributed by atoms with Gasteiger partial charge in [0.05, 0.1) is 22.4 Å². The van der Waals surface area contributed by atoms with E-state index in [1.165, 1.54) is 0 Å². The number of hydrogen-bond donors (Lipinski definition) is 2. The van der Waals surface area contributed by atoms with E-state index < -0.39 is 0 Å². The third kappa shape index (κ3) is 4.05. The molecule has 0 saturated carbocycles. The molecule has 1 aliphatic rings. The highest BCUT2D eigenvalue weighted by Crippen LogP contribution is 2.26. The van der Waals surface area contributed by atoms with Crippen LogP contribution in [0.25, 0.3) is 16.6 Å². The molecule has 1 amide bonds. The number of aromatic nitrogens is 4. The number of carbonyl (C=O) groups is 1. The molecule has 0 radical (unpaired) electrons. The van der Waals surface area contributed by atoms with Crippen molar-refractivity contribution in [3.63, 3.8) is 0 Å². The van der Waals surface area contributed by atoms with Gasteiger partial charge in [-0.05, 0) is 42.8 Å². The summed E-state index contributed by atoms with van der Waals surface area (Å²) in [6.45, 7) is 5.99. The summed E-state index contributed by atoms with van der Waals surface area (Å²) >= 11 is 6.36. The molecule has 1 aliphatic heterocycles. The zero-order valence-electron chi connectivity index (χ0n) is 18.4. The van der Waals surface area contributed by atoms with Crippen molar-refractivity contribution in [3.8, 4) is 0 Å². The molecule has 3 aromatic heterocycles. The lowest BCUT2D eigenvalue weighted by Gasteiger charge is -2.36. The minimum Gasteiger partial charge on any atom is -0.366 e. The predicted molar refractivity (Wildman–Crippen MR) is 128 cm³/mol. The summed E-state index contributed by atoms with van der Waals surface area (Å²) in [4.78, 5) is 35.9. The lowest BCUT2D eigenvalue weighted by atomic mass is 10.1. The first-order valence-corrected chi connectivity index (χ1v) is 11.2. The number of nitrogens with one attached hydrogen (secondary N) is 2. The SMILES string of the molecule is CNC(=O)c1ccc(N2CCN(Cc3ccc4c(c3)[nH]c(=O)c3cc(C)nn34)CC2)c(Cl)n1. The fourth-order valence-electron chi connectivity index (χ4n) is 4.32. The lowest BCUT2D eigenvalue weighted by molar-refractivity contribution is 0.0958. The van der Waals surface area contributed by atoms with Crippen LogP contribution in [0.1, 0.15) is 21.7 Å². The van der Waals surface area contributed by atoms with E-state index in [-0.39, 0.29) is 11.5 Å². The Morgan fingerprint density at radius 2 is 1.91 bits per heavy atom. The Morgan fingerprint density at radius 1 is 1.12 bits per heavy atom. The Kier molecular flexibility index (Phi) is 5.51. The fourth-order valence-corrected chi connectivity index (χ4v) is 4.59. The Bertz CT molecular complexity index is 1420. The van der Waals surface area contributed by atoms with Gasteiger partial charge in [0.1, 0.15) is 11.2 Å². The molecule has 1 fully saturated rings. The largest absolute Gasteiger partial charge is 0.366 e. The molecule has 4 heterocycles. The van der Waals surface area contributed by atoms with E-state index in [2.05, 4.69) is 36.2 Å². The van der Waals surface area contributed by atoms with Gasteiger partial charge in [-0.3, -0.25) is 14.5 Å². The number of halogens is 1. The minimum atomic E-state index is -0.256. The number of carbonyl (C=O) groups excluding carboxylic acids is 1. The van der Waals surface area contributed by atoms with Crippen LogP contribution in [0.4, 0.5) is 5.69 Å². The van der Waals surface area contributed by atoms with Gasteiger partial charge in [-0.15, -0.1) is 0 Å². The van der Waals surface area contributed by atoms with E-state index in [1.807, 2.05) is 25.1 Å². The minimum absolute atomic E-state index is 0.137. The predicted octanol–water partition coefficient (Wildman–Crippen LogP) is 2.21. The number of amides is 1. The smallest absolute Gasteiger partial charge is 0.274 e. The number of H-pyrrole nitrogens is 1. The second-order valence-corrected chi connectivity index (χ2v) is 8.60. The fraction of sp³-hybridized carbons (Fsp3) is 0.304. The van der Waals surface area contributed by atoms with Gasteiger partial charge in [-0.2, -0.15) is 5.10 Å². The van der Waals surface area contributed by atoms with Crippen LogP contribution in [0.5, 0.6) is 0 Å². The van der Waals surface area contributed by atoms with Gasteiger partial charge in [0, 0.05) is 39.8 Å². The standard InChI is InChI=1S/C23H24ClN7O2/c1-14-11-20-23(33)27-17-12-15(3-5-18(17)31(20)28-14)13-29-7-9-30(10-8-29)19-6-4-16(22(32)25-2)26-21(19)24/h3-6,11-12H,7-10,13H2,1-2H3,(H,25,32)(H,27,33). The van der Waals surface area contributed by atoms with Crippen molar-refractivity contribution in [3.05, 3.63) is 68.9 Å². The molecular formula is C23H24ClN7O2. The topological polar surface area (TPSA) is 98.6 Å². The van der Waals surface area contributed by atoms with Gasteiger partial charge in [0.2, 0.25) is 0 Å². The van der Waals surface area contributed by atoms with Gasteiger partial charge in [-0.1, -0.05) is 17.7 Å². The number of piperazine rings is 1. The third-order valence-corrected chi connectivity index (χ3v) is 6.29. The van der Waals surface area contributed by atoms with E-state index >= 15 is 0 Å². The zero-order chi connectivity index (χ0) is 23.1. The summed E-state index contributed by atoms with van der Waals surface area (Å²) < 4.78 is 1.71. The molecule has 170 valence electrons. The molecule has 2 N–H and O–H groups in total. The highest BCUT2D eigenvalue weighted by atomic mass is 35.5. The molecule has 0 aliphatic carbocycles. The maximum absolute atomic E-state index is 12.4. The summed E-state index contributed by atoms with van der Waals surface area (Å²) in [6.07, 6.45) is 0. The van der Waals surface area contributed by atoms with Crippen LogP contribution in [0.15, 0.2) is 41.2 Å². The van der Waals surface area contributed by atoms with E-state index in [0.29, 0.717) is 16.4 Å². The van der Waals surface area contributed by atoms with E-state index in [0.717, 1.165) is 60.7 Å². The highest BCUT2D eigenvalue weighted by molar-refractivity contribution is 6.32.